The van der Waals surface area contributed by atoms with Gasteiger partial charge in [-0.2, -0.15) is 0 Å². The Morgan fingerprint density at radius 3 is 3.00 bits per heavy atom. The van der Waals surface area contributed by atoms with E-state index in [9.17, 15) is 14.0 Å². The predicted octanol–water partition coefficient (Wildman–Crippen LogP) is 2.76. The molecule has 1 aromatic rings. The minimum Gasteiger partial charge on any atom is -0.355 e. The van der Waals surface area contributed by atoms with Crippen molar-refractivity contribution in [2.75, 3.05) is 11.9 Å². The number of anilines is 1. The number of allylic oxidation sites excluding steroid dienone is 1. The first-order valence-electron chi connectivity index (χ1n) is 9.12. The van der Waals surface area contributed by atoms with E-state index in [4.69, 9.17) is 0 Å². The SMILES string of the molecule is C=CCC[C@@H](C)C(=O)NC[C@@]12C[C@@H](C(=O)Nc3ccc(F)c(Br)n3)N[C@@H]1C2. The van der Waals surface area contributed by atoms with Gasteiger partial charge in [0.1, 0.15) is 10.4 Å². The van der Waals surface area contributed by atoms with Crippen molar-refractivity contribution in [2.24, 2.45) is 11.3 Å². The maximum Gasteiger partial charge on any atom is 0.242 e. The summed E-state index contributed by atoms with van der Waals surface area (Å²) in [5.74, 6) is -0.379. The van der Waals surface area contributed by atoms with Crippen molar-refractivity contribution in [3.05, 3.63) is 35.2 Å². The van der Waals surface area contributed by atoms with Gasteiger partial charge in [-0.25, -0.2) is 9.37 Å². The summed E-state index contributed by atoms with van der Waals surface area (Å²) in [7, 11) is 0. The first-order valence-corrected chi connectivity index (χ1v) is 9.91. The van der Waals surface area contributed by atoms with Gasteiger partial charge in [-0.05, 0) is 53.7 Å². The van der Waals surface area contributed by atoms with E-state index in [2.05, 4.69) is 43.4 Å². The van der Waals surface area contributed by atoms with Crippen LogP contribution in [0.5, 0.6) is 0 Å². The summed E-state index contributed by atoms with van der Waals surface area (Å²) in [6.07, 6.45) is 5.04. The molecule has 6 nitrogen and oxygen atoms in total. The minimum absolute atomic E-state index is 0.0464. The van der Waals surface area contributed by atoms with Gasteiger partial charge < -0.3 is 16.0 Å². The molecule has 0 spiro atoms. The molecule has 1 saturated heterocycles. The molecular formula is C19H24BrFN4O2. The van der Waals surface area contributed by atoms with Gasteiger partial charge in [-0.15, -0.1) is 6.58 Å². The lowest BCUT2D eigenvalue weighted by Gasteiger charge is -2.18. The second-order valence-electron chi connectivity index (χ2n) is 7.49. The van der Waals surface area contributed by atoms with Crippen LogP contribution in [0.2, 0.25) is 0 Å². The fraction of sp³-hybridized carbons (Fsp3) is 0.526. The van der Waals surface area contributed by atoms with Crippen molar-refractivity contribution in [1.82, 2.24) is 15.6 Å². The molecule has 1 saturated carbocycles. The van der Waals surface area contributed by atoms with E-state index in [0.29, 0.717) is 18.8 Å². The summed E-state index contributed by atoms with van der Waals surface area (Å²) in [4.78, 5) is 28.6. The lowest BCUT2D eigenvalue weighted by molar-refractivity contribution is -0.124. The number of piperidine rings is 1. The van der Waals surface area contributed by atoms with Crippen molar-refractivity contribution >= 4 is 33.6 Å². The van der Waals surface area contributed by atoms with Crippen LogP contribution >= 0.6 is 15.9 Å². The lowest BCUT2D eigenvalue weighted by Crippen LogP contribution is -2.38. The Bertz CT molecular complexity index is 759. The summed E-state index contributed by atoms with van der Waals surface area (Å²) < 4.78 is 13.3. The van der Waals surface area contributed by atoms with E-state index in [1.807, 2.05) is 13.0 Å². The third-order valence-electron chi connectivity index (χ3n) is 5.44. The molecule has 0 aromatic carbocycles. The van der Waals surface area contributed by atoms with E-state index in [-0.39, 0.29) is 39.8 Å². The summed E-state index contributed by atoms with van der Waals surface area (Å²) in [5, 5.41) is 9.06. The van der Waals surface area contributed by atoms with Crippen LogP contribution in [0.3, 0.4) is 0 Å². The molecule has 2 fully saturated rings. The number of rotatable bonds is 8. The molecule has 2 amide bonds. The summed E-state index contributed by atoms with van der Waals surface area (Å²) >= 11 is 3.01. The number of nitrogens with zero attached hydrogens (tertiary/aromatic N) is 1. The molecule has 0 radical (unpaired) electrons. The van der Waals surface area contributed by atoms with Crippen LogP contribution in [-0.2, 0) is 9.59 Å². The molecule has 2 aliphatic rings. The van der Waals surface area contributed by atoms with Gasteiger partial charge in [0, 0.05) is 23.9 Å². The minimum atomic E-state index is -0.481. The number of halogens is 2. The Labute approximate surface area is 166 Å². The average molecular weight is 439 g/mol. The molecule has 2 heterocycles. The topological polar surface area (TPSA) is 83.1 Å². The Morgan fingerprint density at radius 2 is 2.30 bits per heavy atom. The van der Waals surface area contributed by atoms with Crippen LogP contribution in [0.15, 0.2) is 29.4 Å². The highest BCUT2D eigenvalue weighted by Gasteiger charge is 2.61. The molecule has 0 bridgehead atoms. The number of carbonyl (C=O) groups is 2. The average Bonchev–Trinajstić information content (AvgIpc) is 3.20. The molecule has 1 aliphatic heterocycles. The third kappa shape index (κ3) is 4.55. The van der Waals surface area contributed by atoms with Gasteiger partial charge in [0.25, 0.3) is 0 Å². The standard InChI is InChI=1S/C19H24BrFN4O2/c1-3-4-5-11(2)17(26)22-10-19-8-13(23-14(19)9-19)18(27)25-15-7-6-12(21)16(20)24-15/h3,6-7,11,13-14,23H,1,4-5,8-10H2,2H3,(H,22,26)(H,24,25,27)/t11-,13+,14-,19+/m1/s1. The van der Waals surface area contributed by atoms with Crippen molar-refractivity contribution in [1.29, 1.82) is 0 Å². The molecule has 8 heteroatoms. The number of carbonyl (C=O) groups excluding carboxylic acids is 2. The zero-order chi connectivity index (χ0) is 19.6. The fourth-order valence-electron chi connectivity index (χ4n) is 3.59. The third-order valence-corrected chi connectivity index (χ3v) is 6.00. The first kappa shape index (κ1) is 19.9. The number of hydrogen-bond donors (Lipinski definition) is 3. The fourth-order valence-corrected chi connectivity index (χ4v) is 3.91. The quantitative estimate of drug-likeness (QED) is 0.430. The smallest absolute Gasteiger partial charge is 0.242 e. The zero-order valence-electron chi connectivity index (χ0n) is 15.2. The van der Waals surface area contributed by atoms with Crippen molar-refractivity contribution < 1.29 is 14.0 Å². The van der Waals surface area contributed by atoms with Gasteiger partial charge in [0.05, 0.1) is 6.04 Å². The van der Waals surface area contributed by atoms with E-state index >= 15 is 0 Å². The molecule has 1 aromatic heterocycles. The second-order valence-corrected chi connectivity index (χ2v) is 8.24. The molecule has 0 unspecified atom stereocenters. The van der Waals surface area contributed by atoms with E-state index in [0.717, 1.165) is 19.3 Å². The highest BCUT2D eigenvalue weighted by Crippen LogP contribution is 2.54. The maximum atomic E-state index is 13.2. The largest absolute Gasteiger partial charge is 0.355 e. The number of fused-ring (bicyclic) bond motifs is 1. The van der Waals surface area contributed by atoms with Gasteiger partial charge in [-0.3, -0.25) is 9.59 Å². The van der Waals surface area contributed by atoms with Crippen LogP contribution in [0.4, 0.5) is 10.2 Å². The van der Waals surface area contributed by atoms with Gasteiger partial charge in [0.15, 0.2) is 5.82 Å². The van der Waals surface area contributed by atoms with Crippen molar-refractivity contribution in [3.63, 3.8) is 0 Å². The molecule has 4 atom stereocenters. The number of aromatic nitrogens is 1. The predicted molar refractivity (Wildman–Crippen MR) is 105 cm³/mol. The highest BCUT2D eigenvalue weighted by atomic mass is 79.9. The van der Waals surface area contributed by atoms with E-state index in [1.54, 1.807) is 0 Å². The van der Waals surface area contributed by atoms with Crippen LogP contribution in [0, 0.1) is 17.2 Å². The molecular weight excluding hydrogens is 415 g/mol. The summed E-state index contributed by atoms with van der Waals surface area (Å²) in [5.41, 5.74) is -0.0490. The van der Waals surface area contributed by atoms with Crippen molar-refractivity contribution in [3.8, 4) is 0 Å². The number of hydrogen-bond acceptors (Lipinski definition) is 4. The molecule has 146 valence electrons. The Kier molecular flexibility index (Phi) is 5.95. The van der Waals surface area contributed by atoms with E-state index < -0.39 is 5.82 Å². The highest BCUT2D eigenvalue weighted by molar-refractivity contribution is 9.10. The molecule has 27 heavy (non-hydrogen) atoms. The molecule has 3 rings (SSSR count). The normalized spacial score (nSPS) is 26.8. The number of nitrogens with one attached hydrogen (secondary N) is 3. The van der Waals surface area contributed by atoms with Crippen LogP contribution < -0.4 is 16.0 Å². The monoisotopic (exact) mass is 438 g/mol. The van der Waals surface area contributed by atoms with Crippen LogP contribution in [0.1, 0.15) is 32.6 Å². The maximum absolute atomic E-state index is 13.2. The van der Waals surface area contributed by atoms with Crippen LogP contribution in [0.25, 0.3) is 0 Å². The zero-order valence-corrected chi connectivity index (χ0v) is 16.8. The molecule has 3 N–H and O–H groups in total. The first-order chi connectivity index (χ1) is 12.8. The Morgan fingerprint density at radius 1 is 1.52 bits per heavy atom. The van der Waals surface area contributed by atoms with Crippen molar-refractivity contribution in [2.45, 2.75) is 44.7 Å². The van der Waals surface area contributed by atoms with Gasteiger partial charge >= 0.3 is 0 Å². The Balaban J connectivity index is 1.49. The van der Waals surface area contributed by atoms with Crippen LogP contribution in [-0.4, -0.2) is 35.4 Å². The second kappa shape index (κ2) is 8.06. The molecule has 1 aliphatic carbocycles. The summed E-state index contributed by atoms with van der Waals surface area (Å²) in [6, 6.07) is 2.57. The Hall–Kier alpha value is -1.80. The van der Waals surface area contributed by atoms with Gasteiger partial charge in [0.2, 0.25) is 11.8 Å². The lowest BCUT2D eigenvalue weighted by atomic mass is 9.98. The number of pyridine rings is 1. The van der Waals surface area contributed by atoms with Gasteiger partial charge in [-0.1, -0.05) is 13.0 Å². The number of amides is 2. The summed E-state index contributed by atoms with van der Waals surface area (Å²) in [6.45, 7) is 6.17. The van der Waals surface area contributed by atoms with E-state index in [1.165, 1.54) is 12.1 Å².